The van der Waals surface area contributed by atoms with Crippen LogP contribution >= 0.6 is 0 Å². The summed E-state index contributed by atoms with van der Waals surface area (Å²) < 4.78 is 0. The van der Waals surface area contributed by atoms with Crippen LogP contribution in [0, 0.1) is 0 Å². The molecule has 1 amide bonds. The monoisotopic (exact) mass is 268 g/mol. The highest BCUT2D eigenvalue weighted by atomic mass is 16.2. The molecule has 0 spiro atoms. The van der Waals surface area contributed by atoms with Gasteiger partial charge in [0.25, 0.3) is 0 Å². The Balaban J connectivity index is 2.59. The fourth-order valence-corrected chi connectivity index (χ4v) is 2.98. The van der Waals surface area contributed by atoms with Crippen LogP contribution in [0.1, 0.15) is 78.6 Å². The van der Waals surface area contributed by atoms with Crippen LogP contribution in [0.5, 0.6) is 0 Å². The third-order valence-electron chi connectivity index (χ3n) is 4.55. The van der Waals surface area contributed by atoms with Gasteiger partial charge in [0.1, 0.15) is 0 Å². The third kappa shape index (κ3) is 5.13. The van der Waals surface area contributed by atoms with Crippen molar-refractivity contribution in [3.8, 4) is 0 Å². The van der Waals surface area contributed by atoms with Crippen LogP contribution in [-0.2, 0) is 4.79 Å². The highest BCUT2D eigenvalue weighted by molar-refractivity contribution is 5.77. The maximum Gasteiger partial charge on any atom is 0.224 e. The van der Waals surface area contributed by atoms with Gasteiger partial charge in [-0.2, -0.15) is 0 Å². The van der Waals surface area contributed by atoms with Crippen molar-refractivity contribution in [3.05, 3.63) is 0 Å². The molecule has 0 saturated heterocycles. The van der Waals surface area contributed by atoms with E-state index in [-0.39, 0.29) is 11.4 Å². The van der Waals surface area contributed by atoms with E-state index in [0.717, 1.165) is 38.6 Å². The van der Waals surface area contributed by atoms with Crippen molar-refractivity contribution >= 4 is 5.91 Å². The molecule has 0 aromatic heterocycles. The number of amides is 1. The molecule has 1 aliphatic rings. The van der Waals surface area contributed by atoms with E-state index in [1.807, 2.05) is 0 Å². The van der Waals surface area contributed by atoms with Gasteiger partial charge >= 0.3 is 0 Å². The minimum Gasteiger partial charge on any atom is -0.340 e. The van der Waals surface area contributed by atoms with Gasteiger partial charge in [-0.25, -0.2) is 0 Å². The van der Waals surface area contributed by atoms with Gasteiger partial charge in [-0.1, -0.05) is 39.5 Å². The van der Waals surface area contributed by atoms with Crippen molar-refractivity contribution in [3.63, 3.8) is 0 Å². The van der Waals surface area contributed by atoms with E-state index in [4.69, 9.17) is 5.73 Å². The first kappa shape index (κ1) is 16.5. The van der Waals surface area contributed by atoms with E-state index < -0.39 is 0 Å². The smallest absolute Gasteiger partial charge is 0.224 e. The quantitative estimate of drug-likeness (QED) is 0.768. The van der Waals surface area contributed by atoms with Crippen molar-refractivity contribution in [2.24, 2.45) is 5.73 Å². The normalized spacial score (nSPS) is 20.0. The lowest BCUT2D eigenvalue weighted by Gasteiger charge is -2.36. The number of carbonyl (C=O) groups is 1. The molecule has 3 heteroatoms. The molecule has 0 bridgehead atoms. The van der Waals surface area contributed by atoms with Crippen molar-refractivity contribution in [2.45, 2.75) is 90.1 Å². The van der Waals surface area contributed by atoms with Gasteiger partial charge in [0.2, 0.25) is 5.91 Å². The first-order valence-corrected chi connectivity index (χ1v) is 8.10. The zero-order chi connectivity index (χ0) is 14.3. The lowest BCUT2D eigenvalue weighted by Crippen LogP contribution is -2.49. The topological polar surface area (TPSA) is 46.3 Å². The Morgan fingerprint density at radius 2 is 1.89 bits per heavy atom. The number of nitrogens with two attached hydrogens (primary N) is 1. The fourth-order valence-electron chi connectivity index (χ4n) is 2.98. The summed E-state index contributed by atoms with van der Waals surface area (Å²) in [6, 6.07) is 0.339. The molecular formula is C16H32N2O. The van der Waals surface area contributed by atoms with Gasteiger partial charge < -0.3 is 10.6 Å². The van der Waals surface area contributed by atoms with Gasteiger partial charge in [-0.15, -0.1) is 0 Å². The number of nitrogens with zero attached hydrogens (tertiary/aromatic N) is 1. The summed E-state index contributed by atoms with van der Waals surface area (Å²) >= 11 is 0. The van der Waals surface area contributed by atoms with Crippen LogP contribution in [0.25, 0.3) is 0 Å². The lowest BCUT2D eigenvalue weighted by atomic mass is 9.80. The average Bonchev–Trinajstić information content (AvgIpc) is 2.39. The Morgan fingerprint density at radius 3 is 2.42 bits per heavy atom. The molecule has 0 radical (unpaired) electrons. The van der Waals surface area contributed by atoms with Crippen LogP contribution in [0.15, 0.2) is 0 Å². The minimum absolute atomic E-state index is 0.229. The Bertz CT molecular complexity index is 272. The zero-order valence-electron chi connectivity index (χ0n) is 13.1. The fraction of sp³-hybridized carbons (Fsp3) is 0.938. The van der Waals surface area contributed by atoms with Gasteiger partial charge in [0.15, 0.2) is 0 Å². The lowest BCUT2D eigenvalue weighted by molar-refractivity contribution is -0.135. The molecule has 1 aliphatic carbocycles. The Labute approximate surface area is 118 Å². The molecule has 3 nitrogen and oxygen atoms in total. The van der Waals surface area contributed by atoms with Crippen LogP contribution in [-0.4, -0.2) is 28.9 Å². The van der Waals surface area contributed by atoms with E-state index in [2.05, 4.69) is 25.7 Å². The number of hydrogen-bond acceptors (Lipinski definition) is 2. The van der Waals surface area contributed by atoms with Crippen LogP contribution in [0.4, 0.5) is 0 Å². The second-order valence-electron chi connectivity index (χ2n) is 6.30. The number of unbranched alkanes of at least 4 members (excludes halogenated alkanes) is 1. The molecule has 1 fully saturated rings. The molecule has 2 N–H and O–H groups in total. The molecule has 1 atom stereocenters. The first-order valence-electron chi connectivity index (χ1n) is 8.10. The summed E-state index contributed by atoms with van der Waals surface area (Å²) in [6.07, 6.45) is 9.46. The summed E-state index contributed by atoms with van der Waals surface area (Å²) in [5.74, 6) is 0.271. The minimum atomic E-state index is -0.229. The highest BCUT2D eigenvalue weighted by Crippen LogP contribution is 2.29. The number of carbonyl (C=O) groups excluding carboxylic acids is 1. The van der Waals surface area contributed by atoms with E-state index in [0.29, 0.717) is 12.5 Å². The van der Waals surface area contributed by atoms with Gasteiger partial charge in [-0.3, -0.25) is 4.79 Å². The molecule has 1 saturated carbocycles. The number of hydrogen-bond donors (Lipinski definition) is 1. The molecular weight excluding hydrogens is 236 g/mol. The maximum atomic E-state index is 12.6. The summed E-state index contributed by atoms with van der Waals surface area (Å²) in [5, 5.41) is 0. The van der Waals surface area contributed by atoms with E-state index in [1.165, 1.54) is 19.3 Å². The molecule has 0 aromatic carbocycles. The largest absolute Gasteiger partial charge is 0.340 e. The van der Waals surface area contributed by atoms with Crippen molar-refractivity contribution in [1.29, 1.82) is 0 Å². The molecule has 1 rings (SSSR count). The SMILES string of the molecule is CCCCN(C(=O)CC1(N)CCCCC1)C(C)CC. The van der Waals surface area contributed by atoms with Crippen LogP contribution in [0.3, 0.4) is 0 Å². The highest BCUT2D eigenvalue weighted by Gasteiger charge is 2.32. The molecule has 0 aromatic rings. The average molecular weight is 268 g/mol. The Morgan fingerprint density at radius 1 is 1.26 bits per heavy atom. The third-order valence-corrected chi connectivity index (χ3v) is 4.55. The predicted octanol–water partition coefficient (Wildman–Crippen LogP) is 3.47. The summed E-state index contributed by atoms with van der Waals surface area (Å²) in [5.41, 5.74) is 6.19. The number of rotatable bonds is 7. The molecule has 0 heterocycles. The second-order valence-corrected chi connectivity index (χ2v) is 6.30. The van der Waals surface area contributed by atoms with Crippen molar-refractivity contribution < 1.29 is 4.79 Å². The van der Waals surface area contributed by atoms with Crippen molar-refractivity contribution in [1.82, 2.24) is 4.90 Å². The maximum absolute atomic E-state index is 12.6. The summed E-state index contributed by atoms with van der Waals surface area (Å²) in [7, 11) is 0. The zero-order valence-corrected chi connectivity index (χ0v) is 13.1. The van der Waals surface area contributed by atoms with Gasteiger partial charge in [0, 0.05) is 24.5 Å². The summed E-state index contributed by atoms with van der Waals surface area (Å²) in [4.78, 5) is 14.6. The van der Waals surface area contributed by atoms with E-state index >= 15 is 0 Å². The first-order chi connectivity index (χ1) is 9.02. The van der Waals surface area contributed by atoms with Crippen LogP contribution in [0.2, 0.25) is 0 Å². The van der Waals surface area contributed by atoms with Gasteiger partial charge in [-0.05, 0) is 32.6 Å². The van der Waals surface area contributed by atoms with Crippen molar-refractivity contribution in [2.75, 3.05) is 6.54 Å². The van der Waals surface area contributed by atoms with Gasteiger partial charge in [0.05, 0.1) is 0 Å². The molecule has 19 heavy (non-hydrogen) atoms. The molecule has 0 aliphatic heterocycles. The van der Waals surface area contributed by atoms with E-state index in [1.54, 1.807) is 0 Å². The summed E-state index contributed by atoms with van der Waals surface area (Å²) in [6.45, 7) is 7.36. The second kappa shape index (κ2) is 7.88. The Kier molecular flexibility index (Phi) is 6.84. The molecule has 112 valence electrons. The molecule has 1 unspecified atom stereocenters. The Hall–Kier alpha value is -0.570. The van der Waals surface area contributed by atoms with Crippen LogP contribution < -0.4 is 5.73 Å². The van der Waals surface area contributed by atoms with E-state index in [9.17, 15) is 4.79 Å². The predicted molar refractivity (Wildman–Crippen MR) is 81.0 cm³/mol. The standard InChI is InChI=1S/C16H32N2O/c1-4-6-12-18(14(3)5-2)15(19)13-16(17)10-8-7-9-11-16/h14H,4-13,17H2,1-3H3.